The molecule has 3 nitrogen and oxygen atoms in total. The van der Waals surface area contributed by atoms with E-state index in [9.17, 15) is 4.39 Å². The lowest BCUT2D eigenvalue weighted by Crippen LogP contribution is -2.20. The molecule has 1 N–H and O–H groups in total. The van der Waals surface area contributed by atoms with Crippen LogP contribution in [0.4, 0.5) is 10.1 Å². The Morgan fingerprint density at radius 2 is 2.17 bits per heavy atom. The van der Waals surface area contributed by atoms with Crippen LogP contribution in [0, 0.1) is 5.82 Å². The summed E-state index contributed by atoms with van der Waals surface area (Å²) in [5.74, 6) is -0.180. The van der Waals surface area contributed by atoms with Gasteiger partial charge in [-0.25, -0.2) is 4.39 Å². The minimum absolute atomic E-state index is 0.180. The van der Waals surface area contributed by atoms with E-state index in [0.717, 1.165) is 11.3 Å². The largest absolute Gasteiger partial charge is 0.472 e. The number of nitrogens with one attached hydrogen (secondary N) is 1. The van der Waals surface area contributed by atoms with E-state index in [2.05, 4.69) is 5.32 Å². The van der Waals surface area contributed by atoms with Gasteiger partial charge >= 0.3 is 0 Å². The first-order valence-corrected chi connectivity index (χ1v) is 5.86. The second-order valence-corrected chi connectivity index (χ2v) is 4.26. The van der Waals surface area contributed by atoms with Crippen molar-refractivity contribution >= 4 is 5.69 Å². The predicted octanol–water partition coefficient (Wildman–Crippen LogP) is 2.77. The number of hydrogen-bond acceptors (Lipinski definition) is 3. The van der Waals surface area contributed by atoms with Crippen LogP contribution in [0.15, 0.2) is 41.2 Å². The summed E-state index contributed by atoms with van der Waals surface area (Å²) < 4.78 is 18.8. The van der Waals surface area contributed by atoms with Crippen LogP contribution in [-0.4, -0.2) is 14.1 Å². The molecule has 2 aromatic rings. The number of halogens is 1. The highest BCUT2D eigenvalue weighted by molar-refractivity contribution is 5.54. The van der Waals surface area contributed by atoms with Crippen molar-refractivity contribution in [3.63, 3.8) is 0 Å². The monoisotopic (exact) mass is 248 g/mol. The van der Waals surface area contributed by atoms with Crippen LogP contribution in [0.25, 0.3) is 0 Å². The molecule has 0 saturated heterocycles. The zero-order valence-electron chi connectivity index (χ0n) is 10.6. The van der Waals surface area contributed by atoms with Gasteiger partial charge in [-0.05, 0) is 25.2 Å². The molecule has 2 rings (SSSR count). The van der Waals surface area contributed by atoms with Crippen molar-refractivity contribution in [3.8, 4) is 0 Å². The molecule has 0 unspecified atom stereocenters. The molecule has 96 valence electrons. The van der Waals surface area contributed by atoms with E-state index < -0.39 is 0 Å². The minimum Gasteiger partial charge on any atom is -0.472 e. The maximum Gasteiger partial charge on any atom is 0.129 e. The summed E-state index contributed by atoms with van der Waals surface area (Å²) >= 11 is 0. The van der Waals surface area contributed by atoms with E-state index in [1.807, 2.05) is 31.1 Å². The summed E-state index contributed by atoms with van der Waals surface area (Å²) in [6, 6.07) is 7.06. The number of hydrogen-bond donors (Lipinski definition) is 1. The van der Waals surface area contributed by atoms with Crippen molar-refractivity contribution in [1.29, 1.82) is 0 Å². The van der Waals surface area contributed by atoms with E-state index >= 15 is 0 Å². The van der Waals surface area contributed by atoms with Crippen molar-refractivity contribution in [1.82, 2.24) is 5.32 Å². The lowest BCUT2D eigenvalue weighted by atomic mass is 10.1. The summed E-state index contributed by atoms with van der Waals surface area (Å²) in [4.78, 5) is 2.01. The Morgan fingerprint density at radius 3 is 2.83 bits per heavy atom. The maximum atomic E-state index is 13.8. The maximum absolute atomic E-state index is 13.8. The fraction of sp³-hybridized carbons (Fsp3) is 0.286. The van der Waals surface area contributed by atoms with E-state index in [1.165, 1.54) is 6.07 Å². The zero-order chi connectivity index (χ0) is 13.0. The van der Waals surface area contributed by atoms with E-state index in [0.29, 0.717) is 18.7 Å². The third-order valence-electron chi connectivity index (χ3n) is 2.86. The second-order valence-electron chi connectivity index (χ2n) is 4.26. The highest BCUT2D eigenvalue weighted by atomic mass is 19.1. The number of benzene rings is 1. The number of nitrogens with zero attached hydrogens (tertiary/aromatic N) is 1. The quantitative estimate of drug-likeness (QED) is 0.882. The van der Waals surface area contributed by atoms with Gasteiger partial charge in [0.05, 0.1) is 12.5 Å². The molecule has 0 aliphatic rings. The highest BCUT2D eigenvalue weighted by Crippen LogP contribution is 2.23. The summed E-state index contributed by atoms with van der Waals surface area (Å²) in [5, 5.41) is 2.99. The van der Waals surface area contributed by atoms with Crippen LogP contribution in [0.5, 0.6) is 0 Å². The van der Waals surface area contributed by atoms with Crippen molar-refractivity contribution in [3.05, 3.63) is 53.7 Å². The minimum atomic E-state index is -0.180. The lowest BCUT2D eigenvalue weighted by Gasteiger charge is -2.22. The molecule has 0 radical (unpaired) electrons. The Hall–Kier alpha value is -1.81. The molecule has 0 aliphatic carbocycles. The fourth-order valence-electron chi connectivity index (χ4n) is 2.00. The normalized spacial score (nSPS) is 10.6. The van der Waals surface area contributed by atoms with Gasteiger partial charge in [0.25, 0.3) is 0 Å². The number of furan rings is 1. The molecule has 0 amide bonds. The van der Waals surface area contributed by atoms with Gasteiger partial charge in [-0.15, -0.1) is 0 Å². The van der Waals surface area contributed by atoms with E-state index in [-0.39, 0.29) is 5.82 Å². The molecule has 1 aromatic heterocycles. The molecule has 0 aliphatic heterocycles. The topological polar surface area (TPSA) is 28.4 Å². The third kappa shape index (κ3) is 2.71. The Kier molecular flexibility index (Phi) is 3.99. The van der Waals surface area contributed by atoms with Gasteiger partial charge in [-0.1, -0.05) is 6.07 Å². The first kappa shape index (κ1) is 12.6. The molecule has 0 bridgehead atoms. The SMILES string of the molecule is CNCc1c(F)cccc1N(C)Cc1ccoc1. The summed E-state index contributed by atoms with van der Waals surface area (Å²) in [7, 11) is 3.76. The standard InChI is InChI=1S/C14H17FN2O/c1-16-8-12-13(15)4-3-5-14(12)17(2)9-11-6-7-18-10-11/h3-7,10,16H,8-9H2,1-2H3. The van der Waals surface area contributed by atoms with Crippen LogP contribution >= 0.6 is 0 Å². The van der Waals surface area contributed by atoms with Crippen molar-refractivity contribution < 1.29 is 8.81 Å². The van der Waals surface area contributed by atoms with Gasteiger partial charge in [-0.2, -0.15) is 0 Å². The molecule has 0 saturated carbocycles. The fourth-order valence-corrected chi connectivity index (χ4v) is 2.00. The number of anilines is 1. The Balaban J connectivity index is 2.23. The molecule has 1 heterocycles. The summed E-state index contributed by atoms with van der Waals surface area (Å²) in [6.07, 6.45) is 3.34. The summed E-state index contributed by atoms with van der Waals surface area (Å²) in [5.41, 5.74) is 2.65. The van der Waals surface area contributed by atoms with Crippen LogP contribution in [0.1, 0.15) is 11.1 Å². The molecule has 4 heteroatoms. The Morgan fingerprint density at radius 1 is 1.33 bits per heavy atom. The smallest absolute Gasteiger partial charge is 0.129 e. The molecular formula is C14H17FN2O. The first-order chi connectivity index (χ1) is 8.72. The van der Waals surface area contributed by atoms with Crippen molar-refractivity contribution in [2.45, 2.75) is 13.1 Å². The average molecular weight is 248 g/mol. The third-order valence-corrected chi connectivity index (χ3v) is 2.86. The molecule has 0 atom stereocenters. The van der Waals surface area contributed by atoms with Crippen LogP contribution in [-0.2, 0) is 13.1 Å². The van der Waals surface area contributed by atoms with Crippen molar-refractivity contribution in [2.75, 3.05) is 19.0 Å². The van der Waals surface area contributed by atoms with Gasteiger partial charge in [-0.3, -0.25) is 0 Å². The molecule has 0 spiro atoms. The van der Waals surface area contributed by atoms with Gasteiger partial charge in [0.15, 0.2) is 0 Å². The zero-order valence-corrected chi connectivity index (χ0v) is 10.6. The van der Waals surface area contributed by atoms with Gasteiger partial charge in [0, 0.05) is 37.0 Å². The Bertz CT molecular complexity index is 497. The van der Waals surface area contributed by atoms with Crippen LogP contribution in [0.3, 0.4) is 0 Å². The summed E-state index contributed by atoms with van der Waals surface area (Å²) in [6.45, 7) is 1.20. The Labute approximate surface area is 106 Å². The van der Waals surface area contributed by atoms with Crippen molar-refractivity contribution in [2.24, 2.45) is 0 Å². The van der Waals surface area contributed by atoms with Crippen LogP contribution in [0.2, 0.25) is 0 Å². The first-order valence-electron chi connectivity index (χ1n) is 5.86. The van der Waals surface area contributed by atoms with Gasteiger partial charge < -0.3 is 14.6 Å². The highest BCUT2D eigenvalue weighted by Gasteiger charge is 2.11. The molecule has 0 fully saturated rings. The van der Waals surface area contributed by atoms with Gasteiger partial charge in [0.1, 0.15) is 5.82 Å². The molecular weight excluding hydrogens is 231 g/mol. The van der Waals surface area contributed by atoms with E-state index in [4.69, 9.17) is 4.42 Å². The second kappa shape index (κ2) is 5.69. The average Bonchev–Trinajstić information content (AvgIpc) is 2.84. The van der Waals surface area contributed by atoms with Gasteiger partial charge in [0.2, 0.25) is 0 Å². The van der Waals surface area contributed by atoms with E-state index in [1.54, 1.807) is 18.6 Å². The molecule has 18 heavy (non-hydrogen) atoms. The lowest BCUT2D eigenvalue weighted by molar-refractivity contribution is 0.563. The van der Waals surface area contributed by atoms with Crippen LogP contribution < -0.4 is 10.2 Å². The molecule has 1 aromatic carbocycles. The number of rotatable bonds is 5. The predicted molar refractivity (Wildman–Crippen MR) is 70.0 cm³/mol.